The molecule has 0 bridgehead atoms. The standard InChI is InChI=1S/C11H13N3O2/c1-7(12)10-6-16-11(14-10)13-8-2-4-9(15)5-3-8/h2-7,15H,12H2,1H3,(H,13,14). The van der Waals surface area contributed by atoms with Gasteiger partial charge in [-0.2, -0.15) is 4.98 Å². The maximum atomic E-state index is 9.12. The normalized spacial score (nSPS) is 12.4. The molecule has 0 saturated heterocycles. The molecule has 0 fully saturated rings. The molecular weight excluding hydrogens is 206 g/mol. The van der Waals surface area contributed by atoms with E-state index in [-0.39, 0.29) is 11.8 Å². The molecule has 1 unspecified atom stereocenters. The van der Waals surface area contributed by atoms with Crippen molar-refractivity contribution < 1.29 is 9.52 Å². The number of anilines is 2. The molecule has 5 nitrogen and oxygen atoms in total. The van der Waals surface area contributed by atoms with Gasteiger partial charge in [0.2, 0.25) is 0 Å². The molecule has 2 rings (SSSR count). The van der Waals surface area contributed by atoms with E-state index in [1.54, 1.807) is 24.3 Å². The summed E-state index contributed by atoms with van der Waals surface area (Å²) < 4.78 is 5.20. The number of nitrogens with two attached hydrogens (primary N) is 1. The van der Waals surface area contributed by atoms with E-state index in [1.165, 1.54) is 6.26 Å². The molecule has 0 radical (unpaired) electrons. The highest BCUT2D eigenvalue weighted by Gasteiger charge is 2.07. The predicted molar refractivity (Wildman–Crippen MR) is 60.5 cm³/mol. The first-order valence-corrected chi connectivity index (χ1v) is 4.92. The summed E-state index contributed by atoms with van der Waals surface area (Å²) in [6.07, 6.45) is 1.52. The molecule has 4 N–H and O–H groups in total. The predicted octanol–water partition coefficient (Wildman–Crippen LogP) is 2.14. The number of aromatic hydroxyl groups is 1. The Morgan fingerprint density at radius 1 is 1.38 bits per heavy atom. The van der Waals surface area contributed by atoms with Crippen LogP contribution in [0, 0.1) is 0 Å². The second kappa shape index (κ2) is 4.24. The van der Waals surface area contributed by atoms with E-state index in [4.69, 9.17) is 15.3 Å². The molecule has 1 aromatic heterocycles. The Morgan fingerprint density at radius 2 is 2.06 bits per heavy atom. The van der Waals surface area contributed by atoms with Gasteiger partial charge in [0.15, 0.2) is 0 Å². The fraction of sp³-hybridized carbons (Fsp3) is 0.182. The SMILES string of the molecule is CC(N)c1coc(Nc2ccc(O)cc2)n1. The van der Waals surface area contributed by atoms with Gasteiger partial charge in [0, 0.05) is 11.7 Å². The summed E-state index contributed by atoms with van der Waals surface area (Å²) in [4.78, 5) is 4.16. The van der Waals surface area contributed by atoms with Gasteiger partial charge in [0.25, 0.3) is 6.01 Å². The van der Waals surface area contributed by atoms with Crippen molar-refractivity contribution in [2.24, 2.45) is 5.73 Å². The lowest BCUT2D eigenvalue weighted by Crippen LogP contribution is -2.05. The highest BCUT2D eigenvalue weighted by atomic mass is 16.4. The van der Waals surface area contributed by atoms with Gasteiger partial charge in [0.1, 0.15) is 12.0 Å². The summed E-state index contributed by atoms with van der Waals surface area (Å²) in [5, 5.41) is 12.1. The van der Waals surface area contributed by atoms with Gasteiger partial charge in [-0.3, -0.25) is 0 Å². The van der Waals surface area contributed by atoms with Gasteiger partial charge in [-0.1, -0.05) is 0 Å². The van der Waals surface area contributed by atoms with E-state index in [0.717, 1.165) is 5.69 Å². The van der Waals surface area contributed by atoms with Crippen LogP contribution in [0.2, 0.25) is 0 Å². The Kier molecular flexibility index (Phi) is 2.78. The van der Waals surface area contributed by atoms with Crippen LogP contribution in [0.15, 0.2) is 34.9 Å². The average molecular weight is 219 g/mol. The average Bonchev–Trinajstić information content (AvgIpc) is 2.70. The number of rotatable bonds is 3. The zero-order valence-corrected chi connectivity index (χ0v) is 8.84. The number of nitrogens with zero attached hydrogens (tertiary/aromatic N) is 1. The third-order valence-corrected chi connectivity index (χ3v) is 2.11. The van der Waals surface area contributed by atoms with Gasteiger partial charge in [0.05, 0.1) is 5.69 Å². The number of aromatic nitrogens is 1. The Morgan fingerprint density at radius 3 is 2.62 bits per heavy atom. The third-order valence-electron chi connectivity index (χ3n) is 2.11. The quantitative estimate of drug-likeness (QED) is 0.689. The lowest BCUT2D eigenvalue weighted by Gasteiger charge is -2.01. The first kappa shape index (κ1) is 10.5. The van der Waals surface area contributed by atoms with E-state index in [2.05, 4.69) is 10.3 Å². The van der Waals surface area contributed by atoms with Crippen LogP contribution in [0.25, 0.3) is 0 Å². The smallest absolute Gasteiger partial charge is 0.299 e. The van der Waals surface area contributed by atoms with Gasteiger partial charge >= 0.3 is 0 Å². The summed E-state index contributed by atoms with van der Waals surface area (Å²) >= 11 is 0. The second-order valence-electron chi connectivity index (χ2n) is 3.54. The minimum absolute atomic E-state index is 0.154. The molecule has 16 heavy (non-hydrogen) atoms. The number of benzene rings is 1. The van der Waals surface area contributed by atoms with Crippen molar-refractivity contribution in [3.05, 3.63) is 36.2 Å². The van der Waals surface area contributed by atoms with E-state index in [9.17, 15) is 0 Å². The largest absolute Gasteiger partial charge is 0.508 e. The lowest BCUT2D eigenvalue weighted by molar-refractivity contribution is 0.475. The van der Waals surface area contributed by atoms with Crippen LogP contribution in [-0.4, -0.2) is 10.1 Å². The molecule has 0 aliphatic heterocycles. The zero-order chi connectivity index (χ0) is 11.5. The van der Waals surface area contributed by atoms with Crippen molar-refractivity contribution in [1.82, 2.24) is 4.98 Å². The maximum Gasteiger partial charge on any atom is 0.299 e. The molecule has 5 heteroatoms. The highest BCUT2D eigenvalue weighted by Crippen LogP contribution is 2.20. The number of phenolic OH excluding ortho intramolecular Hbond substituents is 1. The van der Waals surface area contributed by atoms with Crippen LogP contribution < -0.4 is 11.1 Å². The second-order valence-corrected chi connectivity index (χ2v) is 3.54. The zero-order valence-electron chi connectivity index (χ0n) is 8.84. The van der Waals surface area contributed by atoms with Crippen molar-refractivity contribution in [2.75, 3.05) is 5.32 Å². The summed E-state index contributed by atoms with van der Waals surface area (Å²) in [5.41, 5.74) is 7.14. The van der Waals surface area contributed by atoms with Crippen LogP contribution >= 0.6 is 0 Å². The fourth-order valence-corrected chi connectivity index (χ4v) is 1.22. The Labute approximate surface area is 92.9 Å². The van der Waals surface area contributed by atoms with E-state index in [1.807, 2.05) is 6.92 Å². The Bertz CT molecular complexity index is 462. The Balaban J connectivity index is 2.11. The molecule has 1 aromatic carbocycles. The molecule has 0 aliphatic rings. The number of hydrogen-bond acceptors (Lipinski definition) is 5. The molecule has 0 amide bonds. The van der Waals surface area contributed by atoms with Crippen LogP contribution in [0.3, 0.4) is 0 Å². The minimum atomic E-state index is -0.154. The summed E-state index contributed by atoms with van der Waals surface area (Å²) in [6, 6.07) is 6.85. The molecule has 0 spiro atoms. The van der Waals surface area contributed by atoms with Crippen LogP contribution in [0.1, 0.15) is 18.7 Å². The van der Waals surface area contributed by atoms with Gasteiger partial charge in [-0.05, 0) is 31.2 Å². The first-order chi connectivity index (χ1) is 7.65. The monoisotopic (exact) mass is 219 g/mol. The summed E-state index contributed by atoms with van der Waals surface area (Å²) in [7, 11) is 0. The van der Waals surface area contributed by atoms with Gasteiger partial charge < -0.3 is 20.6 Å². The number of nitrogens with one attached hydrogen (secondary N) is 1. The summed E-state index contributed by atoms with van der Waals surface area (Å²) in [5.74, 6) is 0.217. The number of hydrogen-bond donors (Lipinski definition) is 3. The fourth-order valence-electron chi connectivity index (χ4n) is 1.22. The maximum absolute atomic E-state index is 9.12. The van der Waals surface area contributed by atoms with Crippen molar-refractivity contribution >= 4 is 11.7 Å². The molecule has 0 aliphatic carbocycles. The molecule has 1 heterocycles. The van der Waals surface area contributed by atoms with Crippen LogP contribution in [-0.2, 0) is 0 Å². The summed E-state index contributed by atoms with van der Waals surface area (Å²) in [6.45, 7) is 1.84. The number of phenols is 1. The van der Waals surface area contributed by atoms with Crippen molar-refractivity contribution in [3.63, 3.8) is 0 Å². The Hall–Kier alpha value is -2.01. The molecular formula is C11H13N3O2. The van der Waals surface area contributed by atoms with Gasteiger partial charge in [-0.25, -0.2) is 0 Å². The van der Waals surface area contributed by atoms with E-state index >= 15 is 0 Å². The lowest BCUT2D eigenvalue weighted by atomic mass is 10.3. The molecule has 2 aromatic rings. The number of oxazole rings is 1. The molecule has 84 valence electrons. The minimum Gasteiger partial charge on any atom is -0.508 e. The van der Waals surface area contributed by atoms with Crippen molar-refractivity contribution in [2.45, 2.75) is 13.0 Å². The highest BCUT2D eigenvalue weighted by molar-refractivity contribution is 5.53. The van der Waals surface area contributed by atoms with Crippen LogP contribution in [0.5, 0.6) is 5.75 Å². The van der Waals surface area contributed by atoms with Crippen LogP contribution in [0.4, 0.5) is 11.7 Å². The third kappa shape index (κ3) is 2.32. The topological polar surface area (TPSA) is 84.3 Å². The van der Waals surface area contributed by atoms with E-state index in [0.29, 0.717) is 11.7 Å². The van der Waals surface area contributed by atoms with Crippen molar-refractivity contribution in [3.8, 4) is 5.75 Å². The van der Waals surface area contributed by atoms with Gasteiger partial charge in [-0.15, -0.1) is 0 Å². The van der Waals surface area contributed by atoms with Crippen molar-refractivity contribution in [1.29, 1.82) is 0 Å². The first-order valence-electron chi connectivity index (χ1n) is 4.92. The molecule has 0 saturated carbocycles. The molecule has 1 atom stereocenters. The van der Waals surface area contributed by atoms with E-state index < -0.39 is 0 Å².